The molecule has 0 radical (unpaired) electrons. The Morgan fingerprint density at radius 3 is 2.76 bits per heavy atom. The molecule has 2 saturated heterocycles. The molecule has 0 amide bonds. The van der Waals surface area contributed by atoms with Crippen LogP contribution in [0, 0.1) is 6.92 Å². The molecular weight excluding hydrogens is 563 g/mol. The van der Waals surface area contributed by atoms with Crippen molar-refractivity contribution in [1.29, 1.82) is 0 Å². The van der Waals surface area contributed by atoms with Gasteiger partial charge in [-0.15, -0.1) is 0 Å². The van der Waals surface area contributed by atoms with E-state index >= 15 is 0 Å². The van der Waals surface area contributed by atoms with E-state index in [-0.39, 0.29) is 11.6 Å². The lowest BCUT2D eigenvalue weighted by Gasteiger charge is -2.29. The maximum Gasteiger partial charge on any atom is 0.250 e. The maximum atomic E-state index is 12.7. The highest BCUT2D eigenvalue weighted by Crippen LogP contribution is 2.52. The molecule has 2 fully saturated rings. The number of morpholine rings is 1. The number of aromatic amines is 1. The summed E-state index contributed by atoms with van der Waals surface area (Å²) in [5, 5.41) is 7.47. The molecule has 2 aromatic carbocycles. The van der Waals surface area contributed by atoms with Crippen LogP contribution in [0.3, 0.4) is 0 Å². The zero-order valence-electron chi connectivity index (χ0n) is 23.7. The summed E-state index contributed by atoms with van der Waals surface area (Å²) in [4.78, 5) is 27.7. The molecule has 5 heterocycles. The van der Waals surface area contributed by atoms with E-state index in [1.165, 1.54) is 38.0 Å². The summed E-state index contributed by atoms with van der Waals surface area (Å²) in [6.07, 6.45) is 5.41. The van der Waals surface area contributed by atoms with Gasteiger partial charge in [-0.25, -0.2) is 0 Å². The first kappa shape index (κ1) is 27.6. The molecule has 0 aliphatic carbocycles. The molecule has 0 bridgehead atoms. The Bertz CT molecular complexity index is 1630. The third-order valence-electron chi connectivity index (χ3n) is 8.16. The molecule has 1 unspecified atom stereocenters. The first-order valence-corrected chi connectivity index (χ1v) is 16.3. The largest absolute Gasteiger partial charge is 0.378 e. The number of benzene rings is 2. The van der Waals surface area contributed by atoms with Gasteiger partial charge in [-0.05, 0) is 74.7 Å². The second-order valence-corrected chi connectivity index (χ2v) is 13.3. The van der Waals surface area contributed by atoms with Crippen LogP contribution in [0.25, 0.3) is 11.3 Å². The van der Waals surface area contributed by atoms with Gasteiger partial charge in [0, 0.05) is 67.9 Å². The van der Waals surface area contributed by atoms with Crippen molar-refractivity contribution in [2.45, 2.75) is 57.9 Å². The second kappa shape index (κ2) is 12.2. The molecule has 0 spiro atoms. The number of rotatable bonds is 7. The lowest BCUT2D eigenvalue weighted by Crippen LogP contribution is -2.36. The van der Waals surface area contributed by atoms with E-state index in [9.17, 15) is 4.79 Å². The molecule has 7 rings (SSSR count). The van der Waals surface area contributed by atoms with E-state index in [0.717, 1.165) is 54.4 Å². The topological polar surface area (TPSA) is 82.3 Å². The predicted octanol–water partition coefficient (Wildman–Crippen LogP) is 6.49. The number of H-pyrrole nitrogens is 1. The minimum atomic E-state index is -0.0819. The summed E-state index contributed by atoms with van der Waals surface area (Å²) in [5.41, 5.74) is 6.14. The van der Waals surface area contributed by atoms with Gasteiger partial charge in [-0.1, -0.05) is 41.7 Å². The SMILES string of the molecule is Cc1ccc(C(C[C@@H]2CCCN2)Nc2ccc3c(c2)Sc2cccc(-c4cc(N5CCOCC5)cc(=O)[nH]4)c2S3)nc1. The van der Waals surface area contributed by atoms with Gasteiger partial charge >= 0.3 is 0 Å². The van der Waals surface area contributed by atoms with Crippen LogP contribution in [-0.2, 0) is 4.74 Å². The monoisotopic (exact) mass is 597 g/mol. The van der Waals surface area contributed by atoms with Crippen molar-refractivity contribution < 1.29 is 4.74 Å². The summed E-state index contributed by atoms with van der Waals surface area (Å²) in [5.74, 6) is 0. The maximum absolute atomic E-state index is 12.7. The minimum Gasteiger partial charge on any atom is -0.378 e. The van der Waals surface area contributed by atoms with Gasteiger partial charge in [0.05, 0.1) is 30.6 Å². The van der Waals surface area contributed by atoms with Crippen molar-refractivity contribution >= 4 is 34.9 Å². The van der Waals surface area contributed by atoms with Crippen LogP contribution in [0.1, 0.15) is 36.6 Å². The van der Waals surface area contributed by atoms with Gasteiger partial charge in [-0.2, -0.15) is 0 Å². The molecule has 9 heteroatoms. The standard InChI is InChI=1S/C33H35N5O2S2/c1-21-7-9-26(35-20-21)28(16-22-4-3-11-34-22)36-23-8-10-29-31(17-23)41-30-6-2-5-25(33(30)42-29)27-18-24(19-32(39)37-27)38-12-14-40-15-13-38/h2,5-10,17-20,22,28,34,36H,3-4,11-16H2,1H3,(H,37,39)/t22-,28?/m0/s1. The molecule has 3 aliphatic heterocycles. The van der Waals surface area contributed by atoms with Crippen LogP contribution in [0.4, 0.5) is 11.4 Å². The van der Waals surface area contributed by atoms with Crippen LogP contribution in [-0.4, -0.2) is 48.9 Å². The molecule has 42 heavy (non-hydrogen) atoms. The Labute approximate surface area is 254 Å². The van der Waals surface area contributed by atoms with Gasteiger partial charge in [0.15, 0.2) is 0 Å². The summed E-state index contributed by atoms with van der Waals surface area (Å²) < 4.78 is 5.52. The summed E-state index contributed by atoms with van der Waals surface area (Å²) in [6.45, 7) is 6.13. The van der Waals surface area contributed by atoms with Gasteiger partial charge in [0.1, 0.15) is 0 Å². The van der Waals surface area contributed by atoms with Crippen molar-refractivity contribution in [3.05, 3.63) is 88.5 Å². The molecule has 2 atom stereocenters. The zero-order chi connectivity index (χ0) is 28.5. The van der Waals surface area contributed by atoms with E-state index in [2.05, 4.69) is 82.0 Å². The van der Waals surface area contributed by atoms with Crippen LogP contribution < -0.4 is 21.1 Å². The number of aromatic nitrogens is 2. The Kier molecular flexibility index (Phi) is 7.99. The highest BCUT2D eigenvalue weighted by Gasteiger charge is 2.25. The Balaban J connectivity index is 1.15. The van der Waals surface area contributed by atoms with Crippen molar-refractivity contribution in [2.75, 3.05) is 43.1 Å². The molecule has 3 aliphatic rings. The normalized spacial score (nSPS) is 18.8. The smallest absolute Gasteiger partial charge is 0.250 e. The Morgan fingerprint density at radius 1 is 1.05 bits per heavy atom. The summed E-state index contributed by atoms with van der Waals surface area (Å²) >= 11 is 3.57. The molecular formula is C33H35N5O2S2. The highest BCUT2D eigenvalue weighted by molar-refractivity contribution is 8.05. The number of hydrogen-bond donors (Lipinski definition) is 3. The van der Waals surface area contributed by atoms with E-state index in [0.29, 0.717) is 19.3 Å². The minimum absolute atomic E-state index is 0.0819. The molecule has 0 saturated carbocycles. The number of nitrogens with zero attached hydrogens (tertiary/aromatic N) is 2. The number of ether oxygens (including phenoxy) is 1. The van der Waals surface area contributed by atoms with E-state index in [1.54, 1.807) is 29.6 Å². The van der Waals surface area contributed by atoms with Crippen molar-refractivity contribution in [1.82, 2.24) is 15.3 Å². The van der Waals surface area contributed by atoms with Gasteiger partial charge in [-0.3, -0.25) is 9.78 Å². The predicted molar refractivity (Wildman–Crippen MR) is 171 cm³/mol. The second-order valence-electron chi connectivity index (χ2n) is 11.2. The number of pyridine rings is 2. The summed E-state index contributed by atoms with van der Waals surface area (Å²) in [7, 11) is 0. The lowest BCUT2D eigenvalue weighted by molar-refractivity contribution is 0.122. The van der Waals surface area contributed by atoms with Crippen molar-refractivity contribution in [3.8, 4) is 11.3 Å². The van der Waals surface area contributed by atoms with Crippen molar-refractivity contribution in [3.63, 3.8) is 0 Å². The first-order valence-electron chi connectivity index (χ1n) is 14.7. The van der Waals surface area contributed by atoms with Crippen LogP contribution in [0.5, 0.6) is 0 Å². The van der Waals surface area contributed by atoms with Gasteiger partial charge in [0.25, 0.3) is 0 Å². The quantitative estimate of drug-likeness (QED) is 0.196. The first-order chi connectivity index (χ1) is 20.6. The zero-order valence-corrected chi connectivity index (χ0v) is 25.3. The van der Waals surface area contributed by atoms with E-state index < -0.39 is 0 Å². The molecule has 4 aromatic rings. The van der Waals surface area contributed by atoms with Crippen LogP contribution >= 0.6 is 23.5 Å². The van der Waals surface area contributed by atoms with Crippen molar-refractivity contribution in [2.24, 2.45) is 0 Å². The lowest BCUT2D eigenvalue weighted by atomic mass is 10.0. The fraction of sp³-hybridized carbons (Fsp3) is 0.333. The number of nitrogens with one attached hydrogen (secondary N) is 3. The fourth-order valence-corrected chi connectivity index (χ4v) is 8.38. The number of fused-ring (bicyclic) bond motifs is 2. The Morgan fingerprint density at radius 2 is 1.95 bits per heavy atom. The molecule has 216 valence electrons. The highest BCUT2D eigenvalue weighted by atomic mass is 32.2. The van der Waals surface area contributed by atoms with Gasteiger partial charge < -0.3 is 25.3 Å². The van der Waals surface area contributed by atoms with Crippen LogP contribution in [0.2, 0.25) is 0 Å². The number of hydrogen-bond acceptors (Lipinski definition) is 8. The molecule has 7 nitrogen and oxygen atoms in total. The molecule has 2 aromatic heterocycles. The fourth-order valence-electron chi connectivity index (χ4n) is 5.96. The third-order valence-corrected chi connectivity index (χ3v) is 10.8. The number of anilines is 2. The molecule has 3 N–H and O–H groups in total. The number of aryl methyl sites for hydroxylation is 1. The average molecular weight is 598 g/mol. The van der Waals surface area contributed by atoms with Crippen LogP contribution in [0.15, 0.2) is 91.2 Å². The van der Waals surface area contributed by atoms with E-state index in [4.69, 9.17) is 9.72 Å². The Hall–Kier alpha value is -3.24. The third kappa shape index (κ3) is 5.97. The van der Waals surface area contributed by atoms with Gasteiger partial charge in [0.2, 0.25) is 5.56 Å². The average Bonchev–Trinajstić information content (AvgIpc) is 3.53. The summed E-state index contributed by atoms with van der Waals surface area (Å²) in [6, 6.07) is 21.8. The van der Waals surface area contributed by atoms with E-state index in [1.807, 2.05) is 6.20 Å².